The SMILES string of the molecule is CCOc1ccc(C(C)NC(=O)Cn2c(-c3cccs3)n[nH]c2=S)cc1OCC. The number of benzene rings is 1. The van der Waals surface area contributed by atoms with E-state index in [0.29, 0.717) is 35.3 Å². The van der Waals surface area contributed by atoms with Crippen LogP contribution < -0.4 is 14.8 Å². The molecule has 29 heavy (non-hydrogen) atoms. The van der Waals surface area contributed by atoms with Gasteiger partial charge < -0.3 is 14.8 Å². The number of carbonyl (C=O) groups is 1. The quantitative estimate of drug-likeness (QED) is 0.492. The summed E-state index contributed by atoms with van der Waals surface area (Å²) in [6, 6.07) is 9.38. The lowest BCUT2D eigenvalue weighted by atomic mass is 10.1. The van der Waals surface area contributed by atoms with Crippen LogP contribution in [0.5, 0.6) is 11.5 Å². The van der Waals surface area contributed by atoms with Crippen LogP contribution in [-0.2, 0) is 11.3 Å². The van der Waals surface area contributed by atoms with E-state index in [2.05, 4.69) is 15.5 Å². The first-order valence-corrected chi connectivity index (χ1v) is 10.7. The van der Waals surface area contributed by atoms with Gasteiger partial charge in [-0.2, -0.15) is 5.10 Å². The molecule has 2 N–H and O–H groups in total. The zero-order chi connectivity index (χ0) is 20.8. The molecule has 0 aliphatic heterocycles. The zero-order valence-electron chi connectivity index (χ0n) is 16.6. The minimum Gasteiger partial charge on any atom is -0.490 e. The van der Waals surface area contributed by atoms with Crippen molar-refractivity contribution < 1.29 is 14.3 Å². The molecule has 0 fully saturated rings. The molecular weight excluding hydrogens is 408 g/mol. The van der Waals surface area contributed by atoms with E-state index in [1.54, 1.807) is 15.9 Å². The van der Waals surface area contributed by atoms with Gasteiger partial charge in [0.25, 0.3) is 0 Å². The van der Waals surface area contributed by atoms with Crippen molar-refractivity contribution in [1.29, 1.82) is 0 Å². The fourth-order valence-electron chi connectivity index (χ4n) is 2.91. The molecule has 3 aromatic rings. The summed E-state index contributed by atoms with van der Waals surface area (Å²) in [4.78, 5) is 13.6. The number of thiophene rings is 1. The monoisotopic (exact) mass is 432 g/mol. The summed E-state index contributed by atoms with van der Waals surface area (Å²) in [6.45, 7) is 6.96. The van der Waals surface area contributed by atoms with E-state index >= 15 is 0 Å². The molecule has 0 spiro atoms. The highest BCUT2D eigenvalue weighted by atomic mass is 32.1. The predicted molar refractivity (Wildman–Crippen MR) is 116 cm³/mol. The number of nitrogens with one attached hydrogen (secondary N) is 2. The second kappa shape index (κ2) is 9.71. The van der Waals surface area contributed by atoms with E-state index in [4.69, 9.17) is 21.7 Å². The number of ether oxygens (including phenoxy) is 2. The number of hydrogen-bond acceptors (Lipinski definition) is 6. The standard InChI is InChI=1S/C20H24N4O3S2/c1-4-26-15-9-8-14(11-16(15)27-5-2)13(3)21-18(25)12-24-19(22-23-20(24)28)17-7-6-10-29-17/h6-11,13H,4-5,12H2,1-3H3,(H,21,25)(H,23,28). The molecule has 0 saturated heterocycles. The van der Waals surface area contributed by atoms with Gasteiger partial charge in [0.05, 0.1) is 24.1 Å². The van der Waals surface area contributed by atoms with Gasteiger partial charge in [-0.25, -0.2) is 0 Å². The fourth-order valence-corrected chi connectivity index (χ4v) is 3.83. The summed E-state index contributed by atoms with van der Waals surface area (Å²) in [5.41, 5.74) is 0.930. The van der Waals surface area contributed by atoms with Crippen molar-refractivity contribution >= 4 is 29.5 Å². The summed E-state index contributed by atoms with van der Waals surface area (Å²) in [6.07, 6.45) is 0. The van der Waals surface area contributed by atoms with Crippen LogP contribution in [0.15, 0.2) is 35.7 Å². The Morgan fingerprint density at radius 2 is 2.03 bits per heavy atom. The Kier molecular flexibility index (Phi) is 7.05. The molecule has 1 atom stereocenters. The van der Waals surface area contributed by atoms with Gasteiger partial charge >= 0.3 is 0 Å². The van der Waals surface area contributed by atoms with E-state index in [1.165, 1.54) is 0 Å². The molecule has 1 unspecified atom stereocenters. The number of rotatable bonds is 9. The van der Waals surface area contributed by atoms with Gasteiger partial charge in [-0.3, -0.25) is 14.5 Å². The zero-order valence-corrected chi connectivity index (χ0v) is 18.2. The first kappa shape index (κ1) is 21.1. The van der Waals surface area contributed by atoms with Gasteiger partial charge in [0.15, 0.2) is 22.1 Å². The maximum atomic E-state index is 12.7. The smallest absolute Gasteiger partial charge is 0.240 e. The third-order valence-electron chi connectivity index (χ3n) is 4.25. The maximum absolute atomic E-state index is 12.7. The van der Waals surface area contributed by atoms with Crippen molar-refractivity contribution in [3.8, 4) is 22.2 Å². The van der Waals surface area contributed by atoms with Gasteiger partial charge in [0, 0.05) is 0 Å². The number of hydrogen-bond donors (Lipinski definition) is 2. The highest BCUT2D eigenvalue weighted by molar-refractivity contribution is 7.71. The van der Waals surface area contributed by atoms with Crippen molar-refractivity contribution in [1.82, 2.24) is 20.1 Å². The number of carbonyl (C=O) groups excluding carboxylic acids is 1. The minimum atomic E-state index is -0.205. The molecular formula is C20H24N4O3S2. The molecule has 2 heterocycles. The Labute approximate surface area is 178 Å². The Balaban J connectivity index is 1.72. The molecule has 154 valence electrons. The maximum Gasteiger partial charge on any atom is 0.240 e. The number of amides is 1. The Hall–Kier alpha value is -2.65. The molecule has 3 rings (SSSR count). The normalized spacial score (nSPS) is 11.8. The molecule has 0 bridgehead atoms. The van der Waals surface area contributed by atoms with Crippen molar-refractivity contribution in [2.45, 2.75) is 33.4 Å². The van der Waals surface area contributed by atoms with Crippen molar-refractivity contribution in [2.75, 3.05) is 13.2 Å². The highest BCUT2D eigenvalue weighted by Crippen LogP contribution is 2.30. The summed E-state index contributed by atoms with van der Waals surface area (Å²) < 4.78 is 13.4. The average molecular weight is 433 g/mol. The second-order valence-electron chi connectivity index (χ2n) is 6.28. The Morgan fingerprint density at radius 1 is 1.28 bits per heavy atom. The van der Waals surface area contributed by atoms with E-state index < -0.39 is 0 Å². The van der Waals surface area contributed by atoms with Crippen LogP contribution in [0.2, 0.25) is 0 Å². The summed E-state index contributed by atoms with van der Waals surface area (Å²) >= 11 is 6.84. The topological polar surface area (TPSA) is 81.2 Å². The Morgan fingerprint density at radius 3 is 2.72 bits per heavy atom. The lowest BCUT2D eigenvalue weighted by molar-refractivity contribution is -0.122. The third kappa shape index (κ3) is 5.04. The fraction of sp³-hybridized carbons (Fsp3) is 0.350. The van der Waals surface area contributed by atoms with Gasteiger partial charge in [0.1, 0.15) is 6.54 Å². The van der Waals surface area contributed by atoms with E-state index in [-0.39, 0.29) is 18.5 Å². The van der Waals surface area contributed by atoms with Crippen molar-refractivity contribution in [3.05, 3.63) is 46.0 Å². The largest absolute Gasteiger partial charge is 0.490 e. The summed E-state index contributed by atoms with van der Waals surface area (Å²) in [7, 11) is 0. The van der Waals surface area contributed by atoms with Gasteiger partial charge in [-0.15, -0.1) is 11.3 Å². The minimum absolute atomic E-state index is 0.0856. The third-order valence-corrected chi connectivity index (χ3v) is 5.42. The number of aromatic nitrogens is 3. The van der Waals surface area contributed by atoms with Crippen LogP contribution >= 0.6 is 23.6 Å². The van der Waals surface area contributed by atoms with E-state index in [9.17, 15) is 4.79 Å². The van der Waals surface area contributed by atoms with Crippen LogP contribution in [0.4, 0.5) is 0 Å². The van der Waals surface area contributed by atoms with Gasteiger partial charge in [0.2, 0.25) is 5.91 Å². The van der Waals surface area contributed by atoms with Crippen molar-refractivity contribution in [2.24, 2.45) is 0 Å². The van der Waals surface area contributed by atoms with Crippen LogP contribution in [0, 0.1) is 4.77 Å². The van der Waals surface area contributed by atoms with Crippen LogP contribution in [0.3, 0.4) is 0 Å². The van der Waals surface area contributed by atoms with Gasteiger partial charge in [-0.1, -0.05) is 12.1 Å². The molecule has 0 aliphatic carbocycles. The first-order chi connectivity index (χ1) is 14.0. The Bertz CT molecular complexity index is 1010. The van der Waals surface area contributed by atoms with Crippen LogP contribution in [0.25, 0.3) is 10.7 Å². The number of nitrogens with zero attached hydrogens (tertiary/aromatic N) is 2. The van der Waals surface area contributed by atoms with Crippen molar-refractivity contribution in [3.63, 3.8) is 0 Å². The second-order valence-corrected chi connectivity index (χ2v) is 7.61. The molecule has 1 aromatic carbocycles. The average Bonchev–Trinajstić information content (AvgIpc) is 3.34. The molecule has 0 saturated carbocycles. The molecule has 1 amide bonds. The molecule has 0 aliphatic rings. The predicted octanol–water partition coefficient (Wildman–Crippen LogP) is 4.34. The molecule has 7 nitrogen and oxygen atoms in total. The van der Waals surface area contributed by atoms with Gasteiger partial charge in [-0.05, 0) is 62.1 Å². The van der Waals surface area contributed by atoms with Crippen LogP contribution in [0.1, 0.15) is 32.4 Å². The first-order valence-electron chi connectivity index (χ1n) is 9.41. The highest BCUT2D eigenvalue weighted by Gasteiger charge is 2.16. The lowest BCUT2D eigenvalue weighted by Crippen LogP contribution is -2.30. The molecule has 9 heteroatoms. The number of H-pyrrole nitrogens is 1. The lowest BCUT2D eigenvalue weighted by Gasteiger charge is -2.18. The van der Waals surface area contributed by atoms with E-state index in [1.807, 2.05) is 56.5 Å². The van der Waals surface area contributed by atoms with E-state index in [0.717, 1.165) is 10.4 Å². The molecule has 2 aromatic heterocycles. The molecule has 0 radical (unpaired) electrons. The number of aromatic amines is 1. The summed E-state index contributed by atoms with van der Waals surface area (Å²) in [5, 5.41) is 12.0. The van der Waals surface area contributed by atoms with Crippen LogP contribution in [-0.4, -0.2) is 33.9 Å². The summed E-state index contributed by atoms with van der Waals surface area (Å²) in [5.74, 6) is 1.87.